The average Bonchev–Trinajstić information content (AvgIpc) is 3.35. The van der Waals surface area contributed by atoms with Crippen LogP contribution in [0.3, 0.4) is 0 Å². The summed E-state index contributed by atoms with van der Waals surface area (Å²) in [5, 5.41) is 9.80. The summed E-state index contributed by atoms with van der Waals surface area (Å²) >= 11 is 0. The molecule has 2 N–H and O–H groups in total. The van der Waals surface area contributed by atoms with E-state index in [0.29, 0.717) is 19.3 Å². The largest absolute Gasteiger partial charge is 0.472 e. The summed E-state index contributed by atoms with van der Waals surface area (Å²) in [6.45, 7) is 4.46. The predicted octanol–water partition coefficient (Wildman–Crippen LogP) is 16.4. The van der Waals surface area contributed by atoms with E-state index in [4.69, 9.17) is 23.3 Å². The number of phosphoric ester groups is 1. The number of aliphatic hydroxyl groups excluding tert-OH is 1. The summed E-state index contributed by atoms with van der Waals surface area (Å²) in [6.07, 6.45) is 56.0. The lowest BCUT2D eigenvalue weighted by Gasteiger charge is -2.21. The Bertz CT molecular complexity index is 1410. The number of allylic oxidation sites excluding steroid dienone is 10. The third kappa shape index (κ3) is 50.1. The van der Waals surface area contributed by atoms with Crippen LogP contribution < -0.4 is 0 Å². The second-order valence-electron chi connectivity index (χ2n) is 18.7. The Hall–Kier alpha value is -2.82. The summed E-state index contributed by atoms with van der Waals surface area (Å²) < 4.78 is 39.5. The van der Waals surface area contributed by atoms with E-state index < -0.39 is 57.8 Å². The maximum atomic E-state index is 12.9. The molecule has 0 aromatic rings. The number of ether oxygens (including phenoxy) is 3. The van der Waals surface area contributed by atoms with Gasteiger partial charge in [0.05, 0.1) is 19.8 Å². The molecule has 0 amide bonds. The van der Waals surface area contributed by atoms with Crippen molar-refractivity contribution >= 4 is 25.7 Å². The molecule has 0 heterocycles. The van der Waals surface area contributed by atoms with Crippen LogP contribution in [0.1, 0.15) is 252 Å². The van der Waals surface area contributed by atoms with Crippen molar-refractivity contribution in [3.05, 3.63) is 60.8 Å². The Morgan fingerprint density at radius 3 is 1.20 bits per heavy atom. The lowest BCUT2D eigenvalue weighted by Crippen LogP contribution is -2.30. The standard InChI is InChI=1S/C58H103O11P/c1-4-7-10-13-16-19-22-25-26-27-28-31-34-37-40-43-46-49-58(62)69-55(51-65-56(60)47-44-41-38-35-32-29-23-20-17-14-11-8-5-2)53-67-70(63,64)66-52-54(50-59)68-57(61)48-45-42-39-36-33-30-24-21-18-15-12-9-6-3/h7,10-11,14,16,19-20,23,25-26,54-55,59H,4-6,8-9,12-13,15,17-18,21-22,24,27-53H2,1-3H3,(H,63,64)/b10-7-,14-11-,19-16-,23-20-,26-25-. The minimum Gasteiger partial charge on any atom is -0.462 e. The van der Waals surface area contributed by atoms with Gasteiger partial charge in [-0.05, 0) is 77.0 Å². The van der Waals surface area contributed by atoms with Gasteiger partial charge in [0.25, 0.3) is 0 Å². The molecule has 0 aromatic heterocycles. The molecule has 0 bridgehead atoms. The summed E-state index contributed by atoms with van der Waals surface area (Å²) in [5.41, 5.74) is 0. The van der Waals surface area contributed by atoms with Crippen molar-refractivity contribution in [1.29, 1.82) is 0 Å². The van der Waals surface area contributed by atoms with Crippen LogP contribution in [0.4, 0.5) is 0 Å². The second-order valence-corrected chi connectivity index (χ2v) is 20.2. The fourth-order valence-corrected chi connectivity index (χ4v) is 8.43. The average molecular weight is 1010 g/mol. The minimum atomic E-state index is -4.75. The first-order valence-electron chi connectivity index (χ1n) is 28.2. The number of hydrogen-bond donors (Lipinski definition) is 2. The third-order valence-corrected chi connectivity index (χ3v) is 12.9. The summed E-state index contributed by atoms with van der Waals surface area (Å²) in [7, 11) is -4.75. The van der Waals surface area contributed by atoms with E-state index in [2.05, 4.69) is 81.5 Å². The highest BCUT2D eigenvalue weighted by Gasteiger charge is 2.28. The van der Waals surface area contributed by atoms with Crippen molar-refractivity contribution in [2.24, 2.45) is 0 Å². The van der Waals surface area contributed by atoms with E-state index in [9.17, 15) is 28.9 Å². The molecule has 3 atom stereocenters. The zero-order chi connectivity index (χ0) is 51.3. The van der Waals surface area contributed by atoms with Gasteiger partial charge in [0, 0.05) is 19.3 Å². The molecule has 3 unspecified atom stereocenters. The van der Waals surface area contributed by atoms with E-state index in [0.717, 1.165) is 122 Å². The van der Waals surface area contributed by atoms with Gasteiger partial charge in [-0.1, -0.05) is 216 Å². The van der Waals surface area contributed by atoms with Crippen molar-refractivity contribution in [3.8, 4) is 0 Å². The number of unbranched alkanes of at least 4 members (excludes halogenated alkanes) is 25. The lowest BCUT2D eigenvalue weighted by molar-refractivity contribution is -0.161. The first-order valence-corrected chi connectivity index (χ1v) is 29.7. The second kappa shape index (κ2) is 52.5. The van der Waals surface area contributed by atoms with Gasteiger partial charge in [-0.25, -0.2) is 4.57 Å². The maximum absolute atomic E-state index is 12.9. The highest BCUT2D eigenvalue weighted by molar-refractivity contribution is 7.47. The molecular formula is C58H103O11P. The SMILES string of the molecule is CC/C=C\C/C=C\C/C=C\CCCCCCCCCC(=O)OC(COC(=O)CCCCCCC/C=C\C/C=C\CCC)COP(=O)(O)OCC(CO)OC(=O)CCCCCCCCCCCCCCC. The fourth-order valence-electron chi connectivity index (χ4n) is 7.64. The van der Waals surface area contributed by atoms with Crippen molar-refractivity contribution in [1.82, 2.24) is 0 Å². The molecule has 0 fully saturated rings. The zero-order valence-electron chi connectivity index (χ0n) is 44.7. The third-order valence-electron chi connectivity index (χ3n) is 11.9. The Balaban J connectivity index is 4.74. The lowest BCUT2D eigenvalue weighted by atomic mass is 10.0. The van der Waals surface area contributed by atoms with Crippen LogP contribution in [0.15, 0.2) is 60.8 Å². The number of phosphoric acid groups is 1. The fraction of sp³-hybridized carbons (Fsp3) is 0.776. The Labute approximate surface area is 427 Å². The van der Waals surface area contributed by atoms with E-state index in [1.54, 1.807) is 0 Å². The number of carbonyl (C=O) groups excluding carboxylic acids is 3. The number of hydrogen-bond acceptors (Lipinski definition) is 10. The van der Waals surface area contributed by atoms with Crippen LogP contribution in [0.2, 0.25) is 0 Å². The number of carbonyl (C=O) groups is 3. The van der Waals surface area contributed by atoms with Crippen molar-refractivity contribution in [2.45, 2.75) is 264 Å². The Morgan fingerprint density at radius 1 is 0.414 bits per heavy atom. The van der Waals surface area contributed by atoms with Crippen molar-refractivity contribution in [3.63, 3.8) is 0 Å². The maximum Gasteiger partial charge on any atom is 0.472 e. The van der Waals surface area contributed by atoms with E-state index in [1.165, 1.54) is 70.6 Å². The summed E-state index contributed by atoms with van der Waals surface area (Å²) in [4.78, 5) is 48.5. The zero-order valence-corrected chi connectivity index (χ0v) is 45.6. The molecule has 0 rings (SSSR count). The highest BCUT2D eigenvalue weighted by atomic mass is 31.2. The molecule has 70 heavy (non-hydrogen) atoms. The molecule has 11 nitrogen and oxygen atoms in total. The van der Waals surface area contributed by atoms with E-state index in [1.807, 2.05) is 0 Å². The first-order chi connectivity index (χ1) is 34.2. The number of aliphatic hydroxyl groups is 1. The topological polar surface area (TPSA) is 155 Å². The molecule has 406 valence electrons. The molecule has 0 aliphatic rings. The highest BCUT2D eigenvalue weighted by Crippen LogP contribution is 2.43. The van der Waals surface area contributed by atoms with Gasteiger partial charge in [-0.15, -0.1) is 0 Å². The van der Waals surface area contributed by atoms with Gasteiger partial charge >= 0.3 is 25.7 Å². The number of rotatable bonds is 52. The van der Waals surface area contributed by atoms with E-state index >= 15 is 0 Å². The molecule has 0 saturated heterocycles. The summed E-state index contributed by atoms with van der Waals surface area (Å²) in [5.74, 6) is -1.48. The molecule has 0 aliphatic heterocycles. The van der Waals surface area contributed by atoms with Crippen LogP contribution in [0.25, 0.3) is 0 Å². The molecule has 0 radical (unpaired) electrons. The minimum absolute atomic E-state index is 0.153. The monoisotopic (exact) mass is 1010 g/mol. The van der Waals surface area contributed by atoms with Gasteiger partial charge in [-0.3, -0.25) is 23.4 Å². The Morgan fingerprint density at radius 2 is 0.771 bits per heavy atom. The van der Waals surface area contributed by atoms with Crippen LogP contribution in [0, 0.1) is 0 Å². The molecule has 0 aliphatic carbocycles. The smallest absolute Gasteiger partial charge is 0.462 e. The van der Waals surface area contributed by atoms with Gasteiger partial charge in [0.15, 0.2) is 6.10 Å². The van der Waals surface area contributed by atoms with Gasteiger partial charge < -0.3 is 24.2 Å². The quantitative estimate of drug-likeness (QED) is 0.0197. The molecule has 0 spiro atoms. The van der Waals surface area contributed by atoms with Gasteiger partial charge in [0.2, 0.25) is 0 Å². The molecular weight excluding hydrogens is 904 g/mol. The van der Waals surface area contributed by atoms with Crippen LogP contribution in [-0.2, 0) is 42.2 Å². The predicted molar refractivity (Wildman–Crippen MR) is 288 cm³/mol. The molecule has 12 heteroatoms. The number of esters is 3. The van der Waals surface area contributed by atoms with Crippen molar-refractivity contribution in [2.75, 3.05) is 26.4 Å². The van der Waals surface area contributed by atoms with Crippen molar-refractivity contribution < 1.29 is 52.2 Å². The summed E-state index contributed by atoms with van der Waals surface area (Å²) in [6, 6.07) is 0. The van der Waals surface area contributed by atoms with Gasteiger partial charge in [0.1, 0.15) is 12.7 Å². The van der Waals surface area contributed by atoms with Crippen LogP contribution in [0.5, 0.6) is 0 Å². The van der Waals surface area contributed by atoms with Crippen LogP contribution in [-0.4, -0.2) is 66.5 Å². The van der Waals surface area contributed by atoms with E-state index in [-0.39, 0.29) is 25.9 Å². The Kier molecular flexibility index (Phi) is 50.4. The van der Waals surface area contributed by atoms with Gasteiger partial charge in [-0.2, -0.15) is 0 Å². The normalized spacial score (nSPS) is 13.8. The molecule has 0 aromatic carbocycles. The molecule has 0 saturated carbocycles. The first kappa shape index (κ1) is 67.2. The van der Waals surface area contributed by atoms with Crippen LogP contribution >= 0.6 is 7.82 Å².